The molecule has 0 radical (unpaired) electrons. The first-order valence-corrected chi connectivity index (χ1v) is 2.60. The Morgan fingerprint density at radius 2 is 2.62 bits per heavy atom. The zero-order valence-corrected chi connectivity index (χ0v) is 4.89. The molecule has 8 heavy (non-hydrogen) atoms. The standard InChI is InChI=1S/C5H9N3/c1-6-4-8-3-2-7-5-8/h2-3,5-6H,4H2,1H3/p+1. The van der Waals surface area contributed by atoms with E-state index in [1.807, 2.05) is 30.3 Å². The Balaban J connectivity index is 2.50. The molecule has 0 aliphatic heterocycles. The Labute approximate surface area is 48.3 Å². The van der Waals surface area contributed by atoms with Gasteiger partial charge in [-0.3, -0.25) is 10.3 Å². The van der Waals surface area contributed by atoms with Gasteiger partial charge in [0.1, 0.15) is 19.1 Å². The maximum Gasteiger partial charge on any atom is 0.242 e. The van der Waals surface area contributed by atoms with Crippen LogP contribution in [0.15, 0.2) is 18.7 Å². The van der Waals surface area contributed by atoms with Crippen LogP contribution in [0.4, 0.5) is 0 Å². The molecule has 0 unspecified atom stereocenters. The van der Waals surface area contributed by atoms with E-state index in [1.165, 1.54) is 0 Å². The maximum absolute atomic E-state index is 3.01. The zero-order valence-electron chi connectivity index (χ0n) is 4.89. The van der Waals surface area contributed by atoms with Crippen molar-refractivity contribution in [2.45, 2.75) is 6.67 Å². The van der Waals surface area contributed by atoms with Gasteiger partial charge in [-0.05, 0) is 7.05 Å². The fraction of sp³-hybridized carbons (Fsp3) is 0.400. The molecule has 0 aromatic carbocycles. The third kappa shape index (κ3) is 1.07. The van der Waals surface area contributed by atoms with Gasteiger partial charge in [0.2, 0.25) is 6.33 Å². The van der Waals surface area contributed by atoms with Crippen molar-refractivity contribution in [1.29, 1.82) is 0 Å². The molecule has 44 valence electrons. The molecule has 0 spiro atoms. The molecule has 0 aliphatic carbocycles. The highest BCUT2D eigenvalue weighted by Gasteiger charge is 1.88. The molecule has 1 heterocycles. The zero-order chi connectivity index (χ0) is 5.82. The highest BCUT2D eigenvalue weighted by Crippen LogP contribution is 1.64. The fourth-order valence-corrected chi connectivity index (χ4v) is 0.601. The first kappa shape index (κ1) is 5.31. The molecule has 0 saturated carbocycles. The van der Waals surface area contributed by atoms with Gasteiger partial charge < -0.3 is 0 Å². The van der Waals surface area contributed by atoms with E-state index in [2.05, 4.69) is 10.3 Å². The number of nitrogens with zero attached hydrogens (tertiary/aromatic N) is 1. The summed E-state index contributed by atoms with van der Waals surface area (Å²) in [4.78, 5) is 2.94. The Kier molecular flexibility index (Phi) is 1.64. The number of aromatic amines is 1. The Morgan fingerprint density at radius 1 is 1.75 bits per heavy atom. The number of H-pyrrole nitrogens is 1. The van der Waals surface area contributed by atoms with E-state index >= 15 is 0 Å². The van der Waals surface area contributed by atoms with Gasteiger partial charge in [0.15, 0.2) is 0 Å². The van der Waals surface area contributed by atoms with Crippen molar-refractivity contribution in [3.63, 3.8) is 0 Å². The lowest BCUT2D eigenvalue weighted by molar-refractivity contribution is -0.699. The van der Waals surface area contributed by atoms with Gasteiger partial charge in [-0.25, -0.2) is 4.57 Å². The summed E-state index contributed by atoms with van der Waals surface area (Å²) < 4.78 is 2.01. The smallest absolute Gasteiger partial charge is 0.242 e. The lowest BCUT2D eigenvalue weighted by Crippen LogP contribution is -2.37. The summed E-state index contributed by atoms with van der Waals surface area (Å²) in [5, 5.41) is 3.01. The van der Waals surface area contributed by atoms with Crippen molar-refractivity contribution >= 4 is 0 Å². The lowest BCUT2D eigenvalue weighted by atomic mass is 10.9. The lowest BCUT2D eigenvalue weighted by Gasteiger charge is -1.88. The molecule has 2 N–H and O–H groups in total. The van der Waals surface area contributed by atoms with E-state index in [-0.39, 0.29) is 0 Å². The number of hydrogen-bond donors (Lipinski definition) is 2. The van der Waals surface area contributed by atoms with Crippen molar-refractivity contribution in [2.24, 2.45) is 0 Å². The number of nitrogens with one attached hydrogen (secondary N) is 2. The second-order valence-corrected chi connectivity index (χ2v) is 1.64. The van der Waals surface area contributed by atoms with Crippen molar-refractivity contribution in [3.8, 4) is 0 Å². The number of aromatic nitrogens is 2. The second kappa shape index (κ2) is 2.47. The van der Waals surface area contributed by atoms with Crippen LogP contribution >= 0.6 is 0 Å². The summed E-state index contributed by atoms with van der Waals surface area (Å²) >= 11 is 0. The van der Waals surface area contributed by atoms with E-state index in [9.17, 15) is 0 Å². The highest BCUT2D eigenvalue weighted by molar-refractivity contribution is 4.54. The Hall–Kier alpha value is -0.830. The average molecular weight is 112 g/mol. The van der Waals surface area contributed by atoms with Crippen molar-refractivity contribution in [3.05, 3.63) is 18.7 Å². The van der Waals surface area contributed by atoms with E-state index in [1.54, 1.807) is 0 Å². The molecule has 0 amide bonds. The molecule has 0 bridgehead atoms. The van der Waals surface area contributed by atoms with Crippen LogP contribution in [-0.4, -0.2) is 12.0 Å². The van der Waals surface area contributed by atoms with Crippen LogP contribution < -0.4 is 9.88 Å². The first-order chi connectivity index (χ1) is 3.93. The van der Waals surface area contributed by atoms with Crippen LogP contribution in [0.1, 0.15) is 0 Å². The monoisotopic (exact) mass is 112 g/mol. The summed E-state index contributed by atoms with van der Waals surface area (Å²) in [5.74, 6) is 0. The van der Waals surface area contributed by atoms with E-state index < -0.39 is 0 Å². The molecule has 0 saturated heterocycles. The molecular weight excluding hydrogens is 102 g/mol. The molecular formula is C5H10N3+. The van der Waals surface area contributed by atoms with Crippen LogP contribution in [0.2, 0.25) is 0 Å². The van der Waals surface area contributed by atoms with Gasteiger partial charge in [0, 0.05) is 0 Å². The van der Waals surface area contributed by atoms with E-state index in [4.69, 9.17) is 0 Å². The number of imidazole rings is 1. The molecule has 3 heteroatoms. The van der Waals surface area contributed by atoms with Gasteiger partial charge in [-0.15, -0.1) is 0 Å². The Bertz CT molecular complexity index is 133. The van der Waals surface area contributed by atoms with Crippen molar-refractivity contribution < 1.29 is 4.57 Å². The predicted octanol–water partition coefficient (Wildman–Crippen LogP) is -0.521. The molecule has 1 aromatic rings. The topological polar surface area (TPSA) is 31.7 Å². The van der Waals surface area contributed by atoms with Gasteiger partial charge in [0.25, 0.3) is 0 Å². The number of hydrogen-bond acceptors (Lipinski definition) is 1. The predicted molar refractivity (Wildman–Crippen MR) is 30.0 cm³/mol. The SMILES string of the molecule is CNC[n+]1cc[nH]c1. The summed E-state index contributed by atoms with van der Waals surface area (Å²) in [7, 11) is 1.92. The van der Waals surface area contributed by atoms with E-state index in [0.29, 0.717) is 0 Å². The highest BCUT2D eigenvalue weighted by atomic mass is 15.1. The number of rotatable bonds is 2. The van der Waals surface area contributed by atoms with Crippen molar-refractivity contribution in [1.82, 2.24) is 10.3 Å². The van der Waals surface area contributed by atoms with Crippen LogP contribution in [-0.2, 0) is 6.67 Å². The third-order valence-corrected chi connectivity index (χ3v) is 0.943. The van der Waals surface area contributed by atoms with E-state index in [0.717, 1.165) is 6.67 Å². The summed E-state index contributed by atoms with van der Waals surface area (Å²) in [6.07, 6.45) is 5.75. The Morgan fingerprint density at radius 3 is 3.12 bits per heavy atom. The van der Waals surface area contributed by atoms with Crippen LogP contribution in [0.3, 0.4) is 0 Å². The van der Waals surface area contributed by atoms with Crippen LogP contribution in [0.5, 0.6) is 0 Å². The second-order valence-electron chi connectivity index (χ2n) is 1.64. The van der Waals surface area contributed by atoms with Crippen LogP contribution in [0, 0.1) is 0 Å². The maximum atomic E-state index is 3.01. The average Bonchev–Trinajstić information content (AvgIpc) is 2.19. The largest absolute Gasteiger partial charge is 0.284 e. The molecule has 0 atom stereocenters. The summed E-state index contributed by atoms with van der Waals surface area (Å²) in [5.41, 5.74) is 0. The quantitative estimate of drug-likeness (QED) is 0.496. The first-order valence-electron chi connectivity index (χ1n) is 2.60. The van der Waals surface area contributed by atoms with Crippen LogP contribution in [0.25, 0.3) is 0 Å². The van der Waals surface area contributed by atoms with Gasteiger partial charge in [0.05, 0.1) is 0 Å². The fourth-order valence-electron chi connectivity index (χ4n) is 0.601. The van der Waals surface area contributed by atoms with Gasteiger partial charge in [-0.2, -0.15) is 0 Å². The normalized spacial score (nSPS) is 9.62. The summed E-state index contributed by atoms with van der Waals surface area (Å²) in [6, 6.07) is 0. The minimum atomic E-state index is 0.865. The molecule has 0 aliphatic rings. The molecule has 3 nitrogen and oxygen atoms in total. The third-order valence-electron chi connectivity index (χ3n) is 0.943. The molecule has 1 rings (SSSR count). The van der Waals surface area contributed by atoms with Gasteiger partial charge >= 0.3 is 0 Å². The molecule has 1 aromatic heterocycles. The van der Waals surface area contributed by atoms with Gasteiger partial charge in [-0.1, -0.05) is 0 Å². The minimum Gasteiger partial charge on any atom is -0.284 e. The molecule has 0 fully saturated rings. The minimum absolute atomic E-state index is 0.865. The summed E-state index contributed by atoms with van der Waals surface area (Å²) in [6.45, 7) is 0.865. The van der Waals surface area contributed by atoms with Crippen molar-refractivity contribution in [2.75, 3.05) is 7.05 Å².